The molecule has 30 heavy (non-hydrogen) atoms. The van der Waals surface area contributed by atoms with Crippen LogP contribution in [0.25, 0.3) is 10.2 Å². The number of thiazole rings is 1. The largest absolute Gasteiger partial charge is 0.494 e. The van der Waals surface area contributed by atoms with Crippen molar-refractivity contribution in [1.82, 2.24) is 9.88 Å². The highest BCUT2D eigenvalue weighted by Crippen LogP contribution is 2.32. The average Bonchev–Trinajstić information content (AvgIpc) is 3.08. The number of carbonyl (C=O) groups is 1. The van der Waals surface area contributed by atoms with Gasteiger partial charge < -0.3 is 9.64 Å². The molecule has 0 saturated carbocycles. The quantitative estimate of drug-likeness (QED) is 0.494. The van der Waals surface area contributed by atoms with E-state index in [-0.39, 0.29) is 18.3 Å². The third kappa shape index (κ3) is 5.94. The summed E-state index contributed by atoms with van der Waals surface area (Å²) in [5.74, 6) is 0.899. The number of hydrogen-bond donors (Lipinski definition) is 0. The zero-order valence-electron chi connectivity index (χ0n) is 18.3. The summed E-state index contributed by atoms with van der Waals surface area (Å²) >= 11 is 1.54. The van der Waals surface area contributed by atoms with Gasteiger partial charge in [-0.25, -0.2) is 4.98 Å². The van der Waals surface area contributed by atoms with Gasteiger partial charge in [0.15, 0.2) is 5.13 Å². The highest BCUT2D eigenvalue weighted by Gasteiger charge is 2.20. The van der Waals surface area contributed by atoms with Gasteiger partial charge in [0.1, 0.15) is 5.75 Å². The third-order valence-electron chi connectivity index (χ3n) is 4.89. The van der Waals surface area contributed by atoms with Crippen LogP contribution in [-0.4, -0.2) is 49.6 Å². The minimum absolute atomic E-state index is 0. The molecule has 0 N–H and O–H groups in total. The molecule has 0 saturated heterocycles. The van der Waals surface area contributed by atoms with Crippen LogP contribution in [0.3, 0.4) is 0 Å². The fraction of sp³-hybridized carbons (Fsp3) is 0.391. The van der Waals surface area contributed by atoms with Crippen molar-refractivity contribution < 1.29 is 9.53 Å². The van der Waals surface area contributed by atoms with Crippen molar-refractivity contribution in [2.45, 2.75) is 27.2 Å². The molecule has 0 fully saturated rings. The Kier molecular flexibility index (Phi) is 8.65. The summed E-state index contributed by atoms with van der Waals surface area (Å²) in [5.41, 5.74) is 4.37. The molecule has 1 heterocycles. The number of nitrogens with zero attached hydrogens (tertiary/aromatic N) is 3. The van der Waals surface area contributed by atoms with Crippen LogP contribution < -0.4 is 9.64 Å². The molecule has 0 aliphatic rings. The Bertz CT molecular complexity index is 1000. The third-order valence-corrected chi connectivity index (χ3v) is 5.93. The first-order valence-corrected chi connectivity index (χ1v) is 10.7. The van der Waals surface area contributed by atoms with Gasteiger partial charge in [0.2, 0.25) is 5.91 Å². The maximum absolute atomic E-state index is 13.2. The van der Waals surface area contributed by atoms with E-state index in [0.717, 1.165) is 33.2 Å². The second-order valence-corrected chi connectivity index (χ2v) is 8.51. The van der Waals surface area contributed by atoms with E-state index in [9.17, 15) is 4.79 Å². The standard InChI is InChI=1S/C23H29N3O2S.ClH/c1-6-28-19-9-10-20-21(15-19)29-23(24-20)26(12-11-25(4)5)22(27)14-18-8-7-16(2)17(3)13-18;/h7-10,13,15H,6,11-12,14H2,1-5H3;1H. The number of amides is 1. The lowest BCUT2D eigenvalue weighted by atomic mass is 10.0. The molecule has 7 heteroatoms. The summed E-state index contributed by atoms with van der Waals surface area (Å²) in [5, 5.41) is 0.740. The van der Waals surface area contributed by atoms with Crippen LogP contribution in [0.15, 0.2) is 36.4 Å². The molecule has 5 nitrogen and oxygen atoms in total. The van der Waals surface area contributed by atoms with Crippen LogP contribution in [0, 0.1) is 13.8 Å². The molecule has 0 atom stereocenters. The van der Waals surface area contributed by atoms with Crippen molar-refractivity contribution in [3.8, 4) is 5.75 Å². The second-order valence-electron chi connectivity index (χ2n) is 7.50. The van der Waals surface area contributed by atoms with Gasteiger partial charge in [0, 0.05) is 13.1 Å². The number of hydrogen-bond acceptors (Lipinski definition) is 5. The second kappa shape index (κ2) is 10.8. The Hall–Kier alpha value is -2.15. The van der Waals surface area contributed by atoms with E-state index < -0.39 is 0 Å². The molecule has 162 valence electrons. The fourth-order valence-corrected chi connectivity index (χ4v) is 4.11. The molecule has 0 spiro atoms. The summed E-state index contributed by atoms with van der Waals surface area (Å²) in [7, 11) is 4.03. The van der Waals surface area contributed by atoms with Gasteiger partial charge in [0.25, 0.3) is 0 Å². The van der Waals surface area contributed by atoms with E-state index in [1.807, 2.05) is 50.2 Å². The van der Waals surface area contributed by atoms with Crippen LogP contribution in [0.4, 0.5) is 5.13 Å². The summed E-state index contributed by atoms with van der Waals surface area (Å²) in [6.45, 7) is 8.14. The lowest BCUT2D eigenvalue weighted by molar-refractivity contribution is -0.118. The van der Waals surface area contributed by atoms with Crippen molar-refractivity contribution in [1.29, 1.82) is 0 Å². The highest BCUT2D eigenvalue weighted by atomic mass is 35.5. The molecule has 0 bridgehead atoms. The molecular weight excluding hydrogens is 418 g/mol. The van der Waals surface area contributed by atoms with Gasteiger partial charge in [-0.2, -0.15) is 0 Å². The Labute approximate surface area is 189 Å². The van der Waals surface area contributed by atoms with Gasteiger partial charge >= 0.3 is 0 Å². The normalized spacial score (nSPS) is 10.9. The molecule has 3 aromatic rings. The van der Waals surface area contributed by atoms with Crippen LogP contribution in [0.2, 0.25) is 0 Å². The number of benzene rings is 2. The SMILES string of the molecule is CCOc1ccc2nc(N(CCN(C)C)C(=O)Cc3ccc(C)c(C)c3)sc2c1.Cl. The number of anilines is 1. The molecule has 3 rings (SSSR count). The minimum atomic E-state index is 0. The molecule has 2 aromatic carbocycles. The van der Waals surface area contributed by atoms with Crippen molar-refractivity contribution in [2.24, 2.45) is 0 Å². The van der Waals surface area contributed by atoms with E-state index >= 15 is 0 Å². The number of rotatable bonds is 8. The lowest BCUT2D eigenvalue weighted by Crippen LogP contribution is -2.37. The molecule has 1 amide bonds. The van der Waals surface area contributed by atoms with Crippen LogP contribution >= 0.6 is 23.7 Å². The van der Waals surface area contributed by atoms with Crippen molar-refractivity contribution in [2.75, 3.05) is 38.7 Å². The van der Waals surface area contributed by atoms with E-state index in [1.165, 1.54) is 22.5 Å². The Morgan fingerprint density at radius 1 is 1.07 bits per heavy atom. The summed E-state index contributed by atoms with van der Waals surface area (Å²) in [4.78, 5) is 21.9. The van der Waals surface area contributed by atoms with Crippen molar-refractivity contribution >= 4 is 45.0 Å². The van der Waals surface area contributed by atoms with Crippen LogP contribution in [0.1, 0.15) is 23.6 Å². The smallest absolute Gasteiger partial charge is 0.233 e. The predicted molar refractivity (Wildman–Crippen MR) is 129 cm³/mol. The van der Waals surface area contributed by atoms with Gasteiger partial charge in [-0.3, -0.25) is 9.69 Å². The zero-order chi connectivity index (χ0) is 21.0. The molecule has 0 unspecified atom stereocenters. The predicted octanol–water partition coefficient (Wildman–Crippen LogP) is 4.87. The number of ether oxygens (including phenoxy) is 1. The average molecular weight is 448 g/mol. The topological polar surface area (TPSA) is 45.7 Å². The lowest BCUT2D eigenvalue weighted by Gasteiger charge is -2.22. The Morgan fingerprint density at radius 3 is 2.50 bits per heavy atom. The number of carbonyl (C=O) groups excluding carboxylic acids is 1. The Balaban J connectivity index is 0.00000320. The minimum Gasteiger partial charge on any atom is -0.494 e. The first kappa shape index (κ1) is 24.1. The summed E-state index contributed by atoms with van der Waals surface area (Å²) in [6.07, 6.45) is 0.370. The zero-order valence-corrected chi connectivity index (χ0v) is 19.9. The number of fused-ring (bicyclic) bond motifs is 1. The van der Waals surface area contributed by atoms with Gasteiger partial charge in [0.05, 0.1) is 23.2 Å². The van der Waals surface area contributed by atoms with E-state index in [1.54, 1.807) is 0 Å². The molecule has 0 aliphatic heterocycles. The molecule has 1 aromatic heterocycles. The fourth-order valence-electron chi connectivity index (χ4n) is 3.08. The number of likely N-dealkylation sites (N-methyl/N-ethyl adjacent to an activating group) is 1. The molecular formula is C23H30ClN3O2S. The monoisotopic (exact) mass is 447 g/mol. The van der Waals surface area contributed by atoms with Crippen molar-refractivity contribution in [3.63, 3.8) is 0 Å². The van der Waals surface area contributed by atoms with E-state index in [2.05, 4.69) is 30.9 Å². The van der Waals surface area contributed by atoms with Crippen LogP contribution in [-0.2, 0) is 11.2 Å². The first-order valence-electron chi connectivity index (χ1n) is 9.92. The van der Waals surface area contributed by atoms with Crippen LogP contribution in [0.5, 0.6) is 5.75 Å². The summed E-state index contributed by atoms with van der Waals surface area (Å²) < 4.78 is 6.63. The van der Waals surface area contributed by atoms with Gasteiger partial charge in [-0.15, -0.1) is 12.4 Å². The maximum Gasteiger partial charge on any atom is 0.233 e. The number of aryl methyl sites for hydroxylation is 2. The molecule has 0 aliphatic carbocycles. The van der Waals surface area contributed by atoms with Gasteiger partial charge in [-0.1, -0.05) is 29.5 Å². The van der Waals surface area contributed by atoms with Crippen molar-refractivity contribution in [3.05, 3.63) is 53.1 Å². The maximum atomic E-state index is 13.2. The van der Waals surface area contributed by atoms with E-state index in [4.69, 9.17) is 9.72 Å². The Morgan fingerprint density at radius 2 is 1.83 bits per heavy atom. The van der Waals surface area contributed by atoms with Gasteiger partial charge in [-0.05, 0) is 69.8 Å². The molecule has 0 radical (unpaired) electrons. The number of aromatic nitrogens is 1. The number of halogens is 1. The first-order chi connectivity index (χ1) is 13.9. The van der Waals surface area contributed by atoms with E-state index in [0.29, 0.717) is 19.6 Å². The summed E-state index contributed by atoms with van der Waals surface area (Å²) in [6, 6.07) is 12.1. The highest BCUT2D eigenvalue weighted by molar-refractivity contribution is 7.22.